The third-order valence-electron chi connectivity index (χ3n) is 3.10. The van der Waals surface area contributed by atoms with Crippen LogP contribution in [-0.4, -0.2) is 25.5 Å². The lowest BCUT2D eigenvalue weighted by Gasteiger charge is -2.04. The molecule has 6 heteroatoms. The van der Waals surface area contributed by atoms with Crippen molar-refractivity contribution in [3.8, 4) is 5.75 Å². The maximum absolute atomic E-state index is 12.0. The summed E-state index contributed by atoms with van der Waals surface area (Å²) in [6.45, 7) is -0.396. The van der Waals surface area contributed by atoms with Crippen LogP contribution in [0.15, 0.2) is 48.5 Å². The molecule has 0 atom stereocenters. The molecule has 0 radical (unpaired) electrons. The van der Waals surface area contributed by atoms with Crippen molar-refractivity contribution in [1.29, 1.82) is 0 Å². The van der Waals surface area contributed by atoms with Crippen LogP contribution in [0.4, 0.5) is 0 Å². The molecular formula is C18H14Cl2O4. The van der Waals surface area contributed by atoms with Gasteiger partial charge in [-0.1, -0.05) is 35.3 Å². The third kappa shape index (κ3) is 5.11. The summed E-state index contributed by atoms with van der Waals surface area (Å²) in [7, 11) is 1.58. The molecule has 0 aliphatic carbocycles. The first-order chi connectivity index (χ1) is 11.5. The highest BCUT2D eigenvalue weighted by atomic mass is 35.5. The molecule has 4 nitrogen and oxygen atoms in total. The fraction of sp³-hybridized carbons (Fsp3) is 0.111. The molecule has 0 aliphatic rings. The lowest BCUT2D eigenvalue weighted by molar-refractivity contribution is -0.136. The first-order valence-corrected chi connectivity index (χ1v) is 7.72. The van der Waals surface area contributed by atoms with E-state index in [2.05, 4.69) is 0 Å². The van der Waals surface area contributed by atoms with Crippen LogP contribution in [-0.2, 0) is 9.53 Å². The number of ether oxygens (including phenoxy) is 2. The van der Waals surface area contributed by atoms with Gasteiger partial charge in [-0.05, 0) is 42.0 Å². The number of rotatable bonds is 6. The molecule has 0 N–H and O–H groups in total. The van der Waals surface area contributed by atoms with Gasteiger partial charge < -0.3 is 9.47 Å². The van der Waals surface area contributed by atoms with Crippen molar-refractivity contribution < 1.29 is 19.1 Å². The first-order valence-electron chi connectivity index (χ1n) is 6.97. The molecule has 0 fully saturated rings. The van der Waals surface area contributed by atoms with Gasteiger partial charge in [0.25, 0.3) is 0 Å². The van der Waals surface area contributed by atoms with Gasteiger partial charge in [0.2, 0.25) is 5.78 Å². The van der Waals surface area contributed by atoms with Crippen molar-refractivity contribution in [2.24, 2.45) is 0 Å². The van der Waals surface area contributed by atoms with Crippen molar-refractivity contribution in [3.05, 3.63) is 69.7 Å². The van der Waals surface area contributed by atoms with Gasteiger partial charge in [-0.3, -0.25) is 4.79 Å². The standard InChI is InChI=1S/C18H14Cl2O4/c1-23-14-6-2-12(3-7-14)4-9-18(22)24-11-17(21)15-8-5-13(19)10-16(15)20/h2-10H,11H2,1H3/b9-4+. The smallest absolute Gasteiger partial charge is 0.331 e. The normalized spacial score (nSPS) is 10.6. The third-order valence-corrected chi connectivity index (χ3v) is 3.65. The van der Waals surface area contributed by atoms with Gasteiger partial charge in [0.05, 0.1) is 12.1 Å². The summed E-state index contributed by atoms with van der Waals surface area (Å²) in [5, 5.41) is 0.647. The predicted molar refractivity (Wildman–Crippen MR) is 93.8 cm³/mol. The zero-order valence-electron chi connectivity index (χ0n) is 12.8. The topological polar surface area (TPSA) is 52.6 Å². The Balaban J connectivity index is 1.90. The lowest BCUT2D eigenvalue weighted by atomic mass is 10.1. The monoisotopic (exact) mass is 364 g/mol. The summed E-state index contributed by atoms with van der Waals surface area (Å²) in [6, 6.07) is 11.6. The molecule has 0 aromatic heterocycles. The molecule has 2 aromatic rings. The highest BCUT2D eigenvalue weighted by Crippen LogP contribution is 2.21. The molecule has 0 unspecified atom stereocenters. The van der Waals surface area contributed by atoms with E-state index in [0.29, 0.717) is 5.02 Å². The van der Waals surface area contributed by atoms with Gasteiger partial charge >= 0.3 is 5.97 Å². The van der Waals surface area contributed by atoms with E-state index in [1.54, 1.807) is 43.5 Å². The van der Waals surface area contributed by atoms with E-state index in [0.717, 1.165) is 11.3 Å². The SMILES string of the molecule is COc1ccc(/C=C/C(=O)OCC(=O)c2ccc(Cl)cc2Cl)cc1. The van der Waals surface area contributed by atoms with Crippen molar-refractivity contribution in [2.75, 3.05) is 13.7 Å². The summed E-state index contributed by atoms with van der Waals surface area (Å²) < 4.78 is 9.96. The van der Waals surface area contributed by atoms with Crippen molar-refractivity contribution in [1.82, 2.24) is 0 Å². The molecule has 0 saturated heterocycles. The fourth-order valence-electron chi connectivity index (χ4n) is 1.86. The van der Waals surface area contributed by atoms with Crippen LogP contribution in [0.5, 0.6) is 5.75 Å². The van der Waals surface area contributed by atoms with Gasteiger partial charge in [-0.2, -0.15) is 0 Å². The highest BCUT2D eigenvalue weighted by molar-refractivity contribution is 6.36. The van der Waals surface area contributed by atoms with Gasteiger partial charge in [-0.25, -0.2) is 4.79 Å². The van der Waals surface area contributed by atoms with Crippen LogP contribution >= 0.6 is 23.2 Å². The van der Waals surface area contributed by atoms with Crippen LogP contribution in [0.25, 0.3) is 6.08 Å². The summed E-state index contributed by atoms with van der Waals surface area (Å²) in [5.41, 5.74) is 1.06. The van der Waals surface area contributed by atoms with Crippen LogP contribution < -0.4 is 4.74 Å². The van der Waals surface area contributed by atoms with E-state index in [-0.39, 0.29) is 10.6 Å². The Labute approximate surface area is 149 Å². The molecule has 0 bridgehead atoms. The second kappa shape index (κ2) is 8.52. The number of hydrogen-bond donors (Lipinski definition) is 0. The number of ketones is 1. The maximum atomic E-state index is 12.0. The Morgan fingerprint density at radius 1 is 1.08 bits per heavy atom. The zero-order valence-corrected chi connectivity index (χ0v) is 14.3. The minimum absolute atomic E-state index is 0.220. The zero-order chi connectivity index (χ0) is 17.5. The van der Waals surface area contributed by atoms with Crippen molar-refractivity contribution in [2.45, 2.75) is 0 Å². The number of Topliss-reactive ketones (excluding diaryl/α,β-unsaturated/α-hetero) is 1. The van der Waals surface area contributed by atoms with Gasteiger partial charge in [-0.15, -0.1) is 0 Å². The van der Waals surface area contributed by atoms with Crippen LogP contribution in [0.1, 0.15) is 15.9 Å². The highest BCUT2D eigenvalue weighted by Gasteiger charge is 2.12. The molecule has 0 spiro atoms. The predicted octanol–water partition coefficient (Wildman–Crippen LogP) is 4.44. The Morgan fingerprint density at radius 2 is 1.79 bits per heavy atom. The minimum atomic E-state index is -0.621. The fourth-order valence-corrected chi connectivity index (χ4v) is 2.37. The van der Waals surface area contributed by atoms with Gasteiger partial charge in [0, 0.05) is 16.7 Å². The molecule has 2 aromatic carbocycles. The molecule has 2 rings (SSSR count). The average Bonchev–Trinajstić information content (AvgIpc) is 2.58. The second-order valence-corrected chi connectivity index (χ2v) is 5.61. The van der Waals surface area contributed by atoms with E-state index < -0.39 is 18.4 Å². The Morgan fingerprint density at radius 3 is 2.42 bits per heavy atom. The quantitative estimate of drug-likeness (QED) is 0.431. The number of benzene rings is 2. The van der Waals surface area contributed by atoms with Gasteiger partial charge in [0.15, 0.2) is 6.61 Å². The number of carbonyl (C=O) groups is 2. The number of methoxy groups -OCH3 is 1. The first kappa shape index (κ1) is 18.0. The molecule has 124 valence electrons. The van der Waals surface area contributed by atoms with E-state index in [9.17, 15) is 9.59 Å². The Bertz CT molecular complexity index is 767. The molecule has 24 heavy (non-hydrogen) atoms. The van der Waals surface area contributed by atoms with Crippen molar-refractivity contribution >= 4 is 41.0 Å². The van der Waals surface area contributed by atoms with Crippen LogP contribution in [0, 0.1) is 0 Å². The molecular weight excluding hydrogens is 351 g/mol. The van der Waals surface area contributed by atoms with Gasteiger partial charge in [0.1, 0.15) is 5.75 Å². The van der Waals surface area contributed by atoms with E-state index in [1.807, 2.05) is 0 Å². The van der Waals surface area contributed by atoms with Crippen molar-refractivity contribution in [3.63, 3.8) is 0 Å². The molecule has 0 saturated carbocycles. The summed E-state index contributed by atoms with van der Waals surface area (Å²) in [4.78, 5) is 23.7. The minimum Gasteiger partial charge on any atom is -0.497 e. The molecule has 0 aliphatic heterocycles. The molecule has 0 heterocycles. The van der Waals surface area contributed by atoms with E-state index in [4.69, 9.17) is 32.7 Å². The van der Waals surface area contributed by atoms with E-state index in [1.165, 1.54) is 18.2 Å². The lowest BCUT2D eigenvalue weighted by Crippen LogP contribution is -2.13. The number of carbonyl (C=O) groups excluding carboxylic acids is 2. The average molecular weight is 365 g/mol. The van der Waals surface area contributed by atoms with Crippen LogP contribution in [0.2, 0.25) is 10.0 Å². The number of esters is 1. The summed E-state index contributed by atoms with van der Waals surface area (Å²) in [6.07, 6.45) is 2.83. The summed E-state index contributed by atoms with van der Waals surface area (Å²) in [5.74, 6) is -0.299. The largest absolute Gasteiger partial charge is 0.497 e. The number of hydrogen-bond acceptors (Lipinski definition) is 4. The molecule has 0 amide bonds. The van der Waals surface area contributed by atoms with E-state index >= 15 is 0 Å². The Kier molecular flexibility index (Phi) is 6.41. The maximum Gasteiger partial charge on any atom is 0.331 e. The number of halogens is 2. The second-order valence-electron chi connectivity index (χ2n) is 4.76. The Hall–Kier alpha value is -2.30. The van der Waals surface area contributed by atoms with Crippen LogP contribution in [0.3, 0.4) is 0 Å². The summed E-state index contributed by atoms with van der Waals surface area (Å²) >= 11 is 11.7.